The number of guanidine groups is 1. The predicted molar refractivity (Wildman–Crippen MR) is 102 cm³/mol. The topological polar surface area (TPSA) is 61.7 Å². The Labute approximate surface area is 153 Å². The SMILES string of the molecule is CN=C(NCc1ccc(C(=O)NC)cc1)N(C)Cc1cc(Cl)cn1C. The first-order valence-electron chi connectivity index (χ1n) is 7.98. The van der Waals surface area contributed by atoms with Gasteiger partial charge in [0.15, 0.2) is 5.96 Å². The summed E-state index contributed by atoms with van der Waals surface area (Å²) in [6, 6.07) is 9.44. The van der Waals surface area contributed by atoms with Gasteiger partial charge in [0.2, 0.25) is 0 Å². The van der Waals surface area contributed by atoms with Gasteiger partial charge in [0.25, 0.3) is 5.91 Å². The Morgan fingerprint density at radius 3 is 2.52 bits per heavy atom. The monoisotopic (exact) mass is 361 g/mol. The Morgan fingerprint density at radius 1 is 1.32 bits per heavy atom. The van der Waals surface area contributed by atoms with Crippen LogP contribution >= 0.6 is 11.6 Å². The highest BCUT2D eigenvalue weighted by Gasteiger charge is 2.10. The van der Waals surface area contributed by atoms with Crippen LogP contribution in [0.2, 0.25) is 5.02 Å². The van der Waals surface area contributed by atoms with E-state index >= 15 is 0 Å². The molecule has 0 saturated heterocycles. The van der Waals surface area contributed by atoms with Gasteiger partial charge in [0, 0.05) is 52.2 Å². The number of aliphatic imine (C=N–C) groups is 1. The molecule has 0 atom stereocenters. The molecule has 7 heteroatoms. The Morgan fingerprint density at radius 2 is 2.00 bits per heavy atom. The Hall–Kier alpha value is -2.47. The fraction of sp³-hybridized carbons (Fsp3) is 0.333. The number of aromatic nitrogens is 1. The number of hydrogen-bond donors (Lipinski definition) is 2. The highest BCUT2D eigenvalue weighted by molar-refractivity contribution is 6.30. The second-order valence-corrected chi connectivity index (χ2v) is 6.23. The minimum Gasteiger partial charge on any atom is -0.355 e. The standard InChI is InChI=1S/C18H24ClN5O/c1-20-17(25)14-7-5-13(6-8-14)10-22-18(21-2)24(4)12-16-9-15(19)11-23(16)3/h5-9,11H,10,12H2,1-4H3,(H,20,25)(H,21,22). The molecule has 134 valence electrons. The number of halogens is 1. The molecule has 0 saturated carbocycles. The zero-order valence-electron chi connectivity index (χ0n) is 15.0. The van der Waals surface area contributed by atoms with Gasteiger partial charge in [-0.15, -0.1) is 0 Å². The summed E-state index contributed by atoms with van der Waals surface area (Å²) in [6.07, 6.45) is 1.88. The van der Waals surface area contributed by atoms with Crippen LogP contribution in [0, 0.1) is 0 Å². The largest absolute Gasteiger partial charge is 0.355 e. The first-order valence-corrected chi connectivity index (χ1v) is 8.36. The van der Waals surface area contributed by atoms with Crippen molar-refractivity contribution in [2.24, 2.45) is 12.0 Å². The van der Waals surface area contributed by atoms with Gasteiger partial charge >= 0.3 is 0 Å². The lowest BCUT2D eigenvalue weighted by Crippen LogP contribution is -2.38. The van der Waals surface area contributed by atoms with E-state index < -0.39 is 0 Å². The first kappa shape index (κ1) is 18.9. The summed E-state index contributed by atoms with van der Waals surface area (Å²) < 4.78 is 2.00. The molecule has 1 amide bonds. The Bertz CT molecular complexity index is 751. The summed E-state index contributed by atoms with van der Waals surface area (Å²) in [6.45, 7) is 1.32. The number of aryl methyl sites for hydroxylation is 1. The van der Waals surface area contributed by atoms with Crippen LogP contribution in [0.4, 0.5) is 0 Å². The fourth-order valence-corrected chi connectivity index (χ4v) is 2.80. The van der Waals surface area contributed by atoms with Crippen LogP contribution in [0.25, 0.3) is 0 Å². The third kappa shape index (κ3) is 5.00. The van der Waals surface area contributed by atoms with Crippen molar-refractivity contribution in [3.05, 3.63) is 58.4 Å². The quantitative estimate of drug-likeness (QED) is 0.634. The van der Waals surface area contributed by atoms with E-state index in [1.54, 1.807) is 14.1 Å². The maximum Gasteiger partial charge on any atom is 0.251 e. The normalized spacial score (nSPS) is 11.3. The van der Waals surface area contributed by atoms with Gasteiger partial charge in [-0.2, -0.15) is 0 Å². The number of carbonyl (C=O) groups excluding carboxylic acids is 1. The number of amides is 1. The van der Waals surface area contributed by atoms with Crippen molar-refractivity contribution in [2.75, 3.05) is 21.1 Å². The third-order valence-corrected chi connectivity index (χ3v) is 4.15. The number of rotatable bonds is 5. The summed E-state index contributed by atoms with van der Waals surface area (Å²) in [4.78, 5) is 17.9. The van der Waals surface area contributed by atoms with Crippen molar-refractivity contribution in [3.8, 4) is 0 Å². The molecule has 2 N–H and O–H groups in total. The lowest BCUT2D eigenvalue weighted by atomic mass is 10.1. The summed E-state index contributed by atoms with van der Waals surface area (Å²) in [5.41, 5.74) is 2.82. The van der Waals surface area contributed by atoms with E-state index in [1.165, 1.54) is 0 Å². The van der Waals surface area contributed by atoms with Crippen molar-refractivity contribution < 1.29 is 4.79 Å². The second kappa shape index (κ2) is 8.58. The first-order chi connectivity index (χ1) is 11.9. The zero-order valence-corrected chi connectivity index (χ0v) is 15.8. The molecule has 2 aromatic rings. The van der Waals surface area contributed by atoms with E-state index in [0.29, 0.717) is 18.7 Å². The van der Waals surface area contributed by atoms with E-state index in [9.17, 15) is 4.79 Å². The number of nitrogens with one attached hydrogen (secondary N) is 2. The van der Waals surface area contributed by atoms with E-state index in [-0.39, 0.29) is 5.91 Å². The Balaban J connectivity index is 1.95. The summed E-state index contributed by atoms with van der Waals surface area (Å²) in [5, 5.41) is 6.67. The predicted octanol–water partition coefficient (Wildman–Crippen LogP) is 2.25. The van der Waals surface area contributed by atoms with Gasteiger partial charge in [-0.1, -0.05) is 23.7 Å². The highest BCUT2D eigenvalue weighted by atomic mass is 35.5. The Kier molecular flexibility index (Phi) is 6.47. The van der Waals surface area contributed by atoms with Crippen molar-refractivity contribution >= 4 is 23.5 Å². The smallest absolute Gasteiger partial charge is 0.251 e. The van der Waals surface area contributed by atoms with Crippen LogP contribution in [0.3, 0.4) is 0 Å². The number of benzene rings is 1. The molecule has 0 fully saturated rings. The summed E-state index contributed by atoms with van der Waals surface area (Å²) >= 11 is 6.04. The third-order valence-electron chi connectivity index (χ3n) is 3.94. The van der Waals surface area contributed by atoms with Crippen LogP contribution in [-0.4, -0.2) is 42.5 Å². The van der Waals surface area contributed by atoms with Crippen molar-refractivity contribution in [1.82, 2.24) is 20.1 Å². The molecule has 0 spiro atoms. The molecule has 0 aliphatic heterocycles. The van der Waals surface area contributed by atoms with Gasteiger partial charge in [0.05, 0.1) is 11.6 Å². The van der Waals surface area contributed by atoms with Crippen LogP contribution in [0.5, 0.6) is 0 Å². The molecule has 1 aromatic heterocycles. The molecule has 1 aromatic carbocycles. The zero-order chi connectivity index (χ0) is 18.4. The lowest BCUT2D eigenvalue weighted by Gasteiger charge is -2.22. The fourth-order valence-electron chi connectivity index (χ4n) is 2.53. The molecular weight excluding hydrogens is 338 g/mol. The van der Waals surface area contributed by atoms with Crippen molar-refractivity contribution in [2.45, 2.75) is 13.1 Å². The van der Waals surface area contributed by atoms with Gasteiger partial charge in [-0.05, 0) is 23.8 Å². The van der Waals surface area contributed by atoms with Crippen LogP contribution < -0.4 is 10.6 Å². The van der Waals surface area contributed by atoms with Gasteiger partial charge < -0.3 is 20.1 Å². The van der Waals surface area contributed by atoms with E-state index in [0.717, 1.165) is 22.2 Å². The van der Waals surface area contributed by atoms with Gasteiger partial charge in [-0.3, -0.25) is 9.79 Å². The molecule has 0 bridgehead atoms. The minimum atomic E-state index is -0.0868. The molecule has 0 radical (unpaired) electrons. The minimum absolute atomic E-state index is 0.0868. The summed E-state index contributed by atoms with van der Waals surface area (Å²) in [5.74, 6) is 0.698. The molecular formula is C18H24ClN5O. The van der Waals surface area contributed by atoms with Gasteiger partial charge in [0.1, 0.15) is 0 Å². The maximum atomic E-state index is 11.6. The average molecular weight is 362 g/mol. The molecule has 25 heavy (non-hydrogen) atoms. The van der Waals surface area contributed by atoms with E-state index in [2.05, 4.69) is 15.6 Å². The highest BCUT2D eigenvalue weighted by Crippen LogP contribution is 2.14. The molecule has 2 rings (SSSR count). The number of nitrogens with zero attached hydrogens (tertiary/aromatic N) is 3. The summed E-state index contributed by atoms with van der Waals surface area (Å²) in [7, 11) is 7.33. The molecule has 6 nitrogen and oxygen atoms in total. The molecule has 0 unspecified atom stereocenters. The average Bonchev–Trinajstić information content (AvgIpc) is 2.92. The number of hydrogen-bond acceptors (Lipinski definition) is 2. The van der Waals surface area contributed by atoms with Crippen molar-refractivity contribution in [3.63, 3.8) is 0 Å². The van der Waals surface area contributed by atoms with Gasteiger partial charge in [-0.25, -0.2) is 0 Å². The maximum absolute atomic E-state index is 11.6. The lowest BCUT2D eigenvalue weighted by molar-refractivity contribution is 0.0963. The van der Waals surface area contributed by atoms with E-state index in [1.807, 2.05) is 60.1 Å². The molecule has 1 heterocycles. The molecule has 0 aliphatic carbocycles. The van der Waals surface area contributed by atoms with Crippen LogP contribution in [0.15, 0.2) is 41.5 Å². The van der Waals surface area contributed by atoms with Crippen molar-refractivity contribution in [1.29, 1.82) is 0 Å². The molecule has 0 aliphatic rings. The second-order valence-electron chi connectivity index (χ2n) is 5.79. The number of carbonyl (C=O) groups is 1. The van der Waals surface area contributed by atoms with Crippen LogP contribution in [-0.2, 0) is 20.1 Å². The van der Waals surface area contributed by atoms with Crippen LogP contribution in [0.1, 0.15) is 21.6 Å². The van der Waals surface area contributed by atoms with E-state index in [4.69, 9.17) is 11.6 Å².